The highest BCUT2D eigenvalue weighted by atomic mass is 32.1. The largest absolute Gasteiger partial charge is 0.300 e. The average Bonchev–Trinajstić information content (AvgIpc) is 4.17. The first kappa shape index (κ1) is 47.8. The highest BCUT2D eigenvalue weighted by Crippen LogP contribution is 2.46. The van der Waals surface area contributed by atoms with Crippen LogP contribution in [0, 0.1) is 11.8 Å². The lowest BCUT2D eigenvalue weighted by Crippen LogP contribution is -2.23. The molecule has 8 heterocycles. The number of pyridine rings is 4. The van der Waals surface area contributed by atoms with E-state index in [4.69, 9.17) is 0 Å². The first-order valence-electron chi connectivity index (χ1n) is 22.3. The Bertz CT molecular complexity index is 2780. The first-order chi connectivity index (χ1) is 34.2. The number of amides is 4. The van der Waals surface area contributed by atoms with E-state index in [-0.39, 0.29) is 49.3 Å². The number of hydrogen-bond donors (Lipinski definition) is 4. The van der Waals surface area contributed by atoms with Gasteiger partial charge in [0.05, 0.1) is 25.7 Å². The van der Waals surface area contributed by atoms with E-state index in [2.05, 4.69) is 82.0 Å². The molecule has 2 aliphatic rings. The van der Waals surface area contributed by atoms with Gasteiger partial charge in [-0.15, -0.1) is 40.8 Å². The van der Waals surface area contributed by atoms with Crippen LogP contribution in [0.25, 0.3) is 0 Å². The van der Waals surface area contributed by atoms with Crippen molar-refractivity contribution in [3.63, 3.8) is 0 Å². The van der Waals surface area contributed by atoms with Gasteiger partial charge >= 0.3 is 0 Å². The lowest BCUT2D eigenvalue weighted by molar-refractivity contribution is -0.116. The van der Waals surface area contributed by atoms with E-state index in [1.54, 1.807) is 24.8 Å². The van der Waals surface area contributed by atoms with Gasteiger partial charge in [-0.05, 0) is 86.1 Å². The molecule has 356 valence electrons. The second kappa shape index (κ2) is 23.3. The predicted octanol–water partition coefficient (Wildman–Crippen LogP) is 6.56. The number of rotatable bonds is 18. The fraction of sp³-hybridized carbons (Fsp3) is 0.304. The topological polar surface area (TPSA) is 271 Å². The van der Waals surface area contributed by atoms with Gasteiger partial charge in [0.2, 0.25) is 44.2 Å². The zero-order valence-electron chi connectivity index (χ0n) is 37.3. The Morgan fingerprint density at radius 3 is 1.00 bits per heavy atom. The molecule has 2 aliphatic carbocycles. The quantitative estimate of drug-likeness (QED) is 0.0709. The van der Waals surface area contributed by atoms with Crippen molar-refractivity contribution in [3.8, 4) is 0 Å². The van der Waals surface area contributed by atoms with Crippen molar-refractivity contribution < 1.29 is 19.2 Å². The molecule has 20 nitrogen and oxygen atoms in total. The third-order valence-electron chi connectivity index (χ3n) is 11.2. The van der Waals surface area contributed by atoms with Crippen molar-refractivity contribution in [1.29, 1.82) is 0 Å². The highest BCUT2D eigenvalue weighted by Gasteiger charge is 2.35. The standard InChI is InChI=1S/2C23H22N8O2S2/c2*32-18(12-16-5-1-3-7-24-16)26-22-30-28-20(34-22)11-14-9-15(10-14)21-29-31-23(35-21)27-19(33)13-17-6-2-4-8-25-17/h2*1-8,14-15H,9-13H2,(H,26,30,32)(H,27,31,33). The Hall–Kier alpha value is -7.28. The van der Waals surface area contributed by atoms with E-state index in [0.717, 1.165) is 58.6 Å². The fourth-order valence-corrected chi connectivity index (χ4v) is 11.2. The van der Waals surface area contributed by atoms with Crippen LogP contribution in [-0.2, 0) is 57.7 Å². The van der Waals surface area contributed by atoms with E-state index in [1.165, 1.54) is 45.3 Å². The van der Waals surface area contributed by atoms with Gasteiger partial charge in [0.15, 0.2) is 0 Å². The van der Waals surface area contributed by atoms with Gasteiger partial charge in [0.1, 0.15) is 20.0 Å². The Labute approximate surface area is 416 Å². The molecule has 0 aromatic carbocycles. The van der Waals surface area contributed by atoms with E-state index < -0.39 is 0 Å². The molecular formula is C46H44N16O4S4. The fourth-order valence-electron chi connectivity index (χ4n) is 7.70. The van der Waals surface area contributed by atoms with Crippen LogP contribution in [0.5, 0.6) is 0 Å². The molecule has 0 unspecified atom stereocenters. The van der Waals surface area contributed by atoms with Crippen LogP contribution in [0.4, 0.5) is 20.5 Å². The van der Waals surface area contributed by atoms with Crippen molar-refractivity contribution >= 4 is 89.5 Å². The van der Waals surface area contributed by atoms with E-state index in [0.29, 0.717) is 67.0 Å². The number of nitrogens with one attached hydrogen (secondary N) is 4. The molecule has 0 saturated heterocycles. The average molecular weight is 1010 g/mol. The molecule has 0 atom stereocenters. The second-order valence-electron chi connectivity index (χ2n) is 16.6. The van der Waals surface area contributed by atoms with Crippen LogP contribution >= 0.6 is 45.3 Å². The van der Waals surface area contributed by atoms with Crippen LogP contribution in [0.3, 0.4) is 0 Å². The predicted molar refractivity (Wildman–Crippen MR) is 264 cm³/mol. The minimum absolute atomic E-state index is 0.155. The Kier molecular flexibility index (Phi) is 15.9. The number of anilines is 4. The molecule has 70 heavy (non-hydrogen) atoms. The molecule has 2 saturated carbocycles. The molecule has 0 radical (unpaired) electrons. The Morgan fingerprint density at radius 1 is 0.400 bits per heavy atom. The molecule has 10 rings (SSSR count). The molecule has 0 aliphatic heterocycles. The summed E-state index contributed by atoms with van der Waals surface area (Å²) in [6.45, 7) is 0. The normalized spacial score (nSPS) is 16.9. The molecule has 0 bridgehead atoms. The molecule has 2 fully saturated rings. The van der Waals surface area contributed by atoms with Gasteiger partial charge in [-0.1, -0.05) is 69.6 Å². The zero-order chi connectivity index (χ0) is 48.1. The van der Waals surface area contributed by atoms with E-state index >= 15 is 0 Å². The minimum Gasteiger partial charge on any atom is -0.300 e. The van der Waals surface area contributed by atoms with Gasteiger partial charge in [-0.25, -0.2) is 0 Å². The molecular weight excluding hydrogens is 969 g/mol. The summed E-state index contributed by atoms with van der Waals surface area (Å²) in [5.41, 5.74) is 2.85. The number of aromatic nitrogens is 12. The van der Waals surface area contributed by atoms with Gasteiger partial charge in [0.25, 0.3) is 0 Å². The maximum Gasteiger partial charge on any atom is 0.232 e. The maximum atomic E-state index is 12.2. The van der Waals surface area contributed by atoms with Crippen LogP contribution < -0.4 is 21.3 Å². The van der Waals surface area contributed by atoms with Crippen molar-refractivity contribution in [2.24, 2.45) is 11.8 Å². The summed E-state index contributed by atoms with van der Waals surface area (Å²) < 4.78 is 0. The maximum absolute atomic E-state index is 12.2. The van der Waals surface area contributed by atoms with Gasteiger partial charge in [-0.3, -0.25) is 39.1 Å². The van der Waals surface area contributed by atoms with Crippen LogP contribution in [0.15, 0.2) is 97.6 Å². The number of carbonyl (C=O) groups is 4. The molecule has 0 spiro atoms. The van der Waals surface area contributed by atoms with Crippen molar-refractivity contribution in [2.75, 3.05) is 21.3 Å². The monoisotopic (exact) mass is 1010 g/mol. The summed E-state index contributed by atoms with van der Waals surface area (Å²) in [5, 5.41) is 50.4. The van der Waals surface area contributed by atoms with Crippen LogP contribution in [0.2, 0.25) is 0 Å². The smallest absolute Gasteiger partial charge is 0.232 e. The van der Waals surface area contributed by atoms with Crippen LogP contribution in [0.1, 0.15) is 80.3 Å². The summed E-state index contributed by atoms with van der Waals surface area (Å²) >= 11 is 5.66. The van der Waals surface area contributed by atoms with Crippen molar-refractivity contribution in [3.05, 3.63) is 140 Å². The summed E-state index contributed by atoms with van der Waals surface area (Å²) in [7, 11) is 0. The summed E-state index contributed by atoms with van der Waals surface area (Å²) in [6.07, 6.45) is 13.0. The molecule has 8 aromatic heterocycles. The van der Waals surface area contributed by atoms with Crippen molar-refractivity contribution in [2.45, 2.75) is 76.0 Å². The van der Waals surface area contributed by atoms with Crippen molar-refractivity contribution in [1.82, 2.24) is 60.7 Å². The third kappa shape index (κ3) is 13.9. The van der Waals surface area contributed by atoms with E-state index in [1.807, 2.05) is 72.8 Å². The Morgan fingerprint density at radius 2 is 0.700 bits per heavy atom. The number of nitrogens with zero attached hydrogens (tertiary/aromatic N) is 12. The SMILES string of the molecule is O=C(Cc1ccccn1)Nc1nnc(CC2CC(c3nnc(NC(=O)Cc4ccccn4)s3)C2)s1.O=C(Cc1ccccn1)Nc1nnc(CC2CC(c3nnc(NC(=O)Cc4ccccn4)s3)C2)s1. The third-order valence-corrected chi connectivity index (χ3v) is 14.9. The summed E-state index contributed by atoms with van der Waals surface area (Å²) in [5.74, 6) is 1.01. The summed E-state index contributed by atoms with van der Waals surface area (Å²) in [4.78, 5) is 65.4. The lowest BCUT2D eigenvalue weighted by atomic mass is 9.74. The second-order valence-corrected chi connectivity index (χ2v) is 20.7. The van der Waals surface area contributed by atoms with Gasteiger partial charge in [0, 0.05) is 72.2 Å². The van der Waals surface area contributed by atoms with Gasteiger partial charge in [-0.2, -0.15) is 0 Å². The highest BCUT2D eigenvalue weighted by molar-refractivity contribution is 7.16. The first-order valence-corrected chi connectivity index (χ1v) is 25.6. The molecule has 4 amide bonds. The minimum atomic E-state index is -0.158. The number of hydrogen-bond acceptors (Lipinski definition) is 20. The molecule has 8 aromatic rings. The lowest BCUT2D eigenvalue weighted by Gasteiger charge is -2.32. The van der Waals surface area contributed by atoms with E-state index in [9.17, 15) is 19.2 Å². The number of carbonyl (C=O) groups excluding carboxylic acids is 4. The Balaban J connectivity index is 0.000000174. The van der Waals surface area contributed by atoms with Crippen LogP contribution in [-0.4, -0.2) is 84.4 Å². The van der Waals surface area contributed by atoms with Gasteiger partial charge < -0.3 is 21.3 Å². The summed E-state index contributed by atoms with van der Waals surface area (Å²) in [6, 6.07) is 21.9. The molecule has 4 N–H and O–H groups in total. The zero-order valence-corrected chi connectivity index (χ0v) is 40.5. The molecule has 24 heteroatoms.